The third kappa shape index (κ3) is 4.61. The van der Waals surface area contributed by atoms with Crippen LogP contribution in [0, 0.1) is 11.8 Å². The van der Waals surface area contributed by atoms with Gasteiger partial charge in [0.25, 0.3) is 0 Å². The van der Waals surface area contributed by atoms with E-state index in [9.17, 15) is 14.0 Å². The van der Waals surface area contributed by atoms with Crippen LogP contribution < -0.4 is 10.9 Å². The molecular formula is C24H24FNO5. The first-order valence-electron chi connectivity index (χ1n) is 10.3. The summed E-state index contributed by atoms with van der Waals surface area (Å²) in [5.74, 6) is -1.16. The number of nitrogens with one attached hydrogen (secondary N) is 1. The van der Waals surface area contributed by atoms with Gasteiger partial charge in [0.05, 0.1) is 5.56 Å². The molecule has 162 valence electrons. The van der Waals surface area contributed by atoms with Gasteiger partial charge < -0.3 is 19.2 Å². The molecule has 3 unspecified atom stereocenters. The first kappa shape index (κ1) is 21.1. The quantitative estimate of drug-likeness (QED) is 0.483. The van der Waals surface area contributed by atoms with Gasteiger partial charge in [-0.2, -0.15) is 0 Å². The van der Waals surface area contributed by atoms with E-state index in [1.807, 2.05) is 25.1 Å². The van der Waals surface area contributed by atoms with Crippen molar-refractivity contribution < 1.29 is 23.1 Å². The fourth-order valence-corrected chi connectivity index (χ4v) is 3.68. The van der Waals surface area contributed by atoms with Crippen LogP contribution in [0.1, 0.15) is 24.2 Å². The molecular weight excluding hydrogens is 400 g/mol. The van der Waals surface area contributed by atoms with Crippen molar-refractivity contribution in [2.24, 2.45) is 11.8 Å². The Kier molecular flexibility index (Phi) is 6.04. The molecule has 1 aliphatic rings. The van der Waals surface area contributed by atoms with Gasteiger partial charge in [-0.05, 0) is 36.2 Å². The number of rotatable bonds is 5. The van der Waals surface area contributed by atoms with E-state index < -0.39 is 30.2 Å². The molecule has 0 bridgehead atoms. The van der Waals surface area contributed by atoms with Gasteiger partial charge in [-0.1, -0.05) is 32.0 Å². The van der Waals surface area contributed by atoms with Gasteiger partial charge >= 0.3 is 11.6 Å². The lowest BCUT2D eigenvalue weighted by atomic mass is 9.85. The second-order valence-electron chi connectivity index (χ2n) is 7.86. The molecule has 0 radical (unpaired) electrons. The average molecular weight is 424 g/mol. The maximum absolute atomic E-state index is 15.0. The van der Waals surface area contributed by atoms with E-state index in [4.69, 9.17) is 13.9 Å². The molecule has 0 saturated carbocycles. The fraction of sp³-hybridized carbons (Fsp3) is 0.333. The minimum atomic E-state index is -1.23. The maximum Gasteiger partial charge on any atom is 0.340 e. The van der Waals surface area contributed by atoms with Gasteiger partial charge in [-0.25, -0.2) is 14.0 Å². The molecule has 4 rings (SSSR count). The van der Waals surface area contributed by atoms with Crippen LogP contribution in [0.5, 0.6) is 0 Å². The normalized spacial score (nSPS) is 25.8. The molecule has 1 N–H and O–H groups in total. The van der Waals surface area contributed by atoms with Crippen LogP contribution in [0.4, 0.5) is 10.1 Å². The van der Waals surface area contributed by atoms with E-state index >= 15 is 0 Å². The van der Waals surface area contributed by atoms with Crippen molar-refractivity contribution in [1.82, 2.24) is 0 Å². The first-order chi connectivity index (χ1) is 14.9. The van der Waals surface area contributed by atoms with Gasteiger partial charge in [0.1, 0.15) is 17.9 Å². The molecule has 0 amide bonds. The van der Waals surface area contributed by atoms with E-state index in [1.165, 1.54) is 6.07 Å². The lowest BCUT2D eigenvalue weighted by Gasteiger charge is -2.40. The Morgan fingerprint density at radius 2 is 1.81 bits per heavy atom. The lowest BCUT2D eigenvalue weighted by Crippen LogP contribution is -2.51. The number of ether oxygens (including phenoxy) is 2. The second kappa shape index (κ2) is 8.89. The Labute approximate surface area is 179 Å². The van der Waals surface area contributed by atoms with Crippen LogP contribution in [-0.2, 0) is 9.47 Å². The zero-order valence-electron chi connectivity index (χ0n) is 17.3. The number of anilines is 1. The number of benzene rings is 2. The summed E-state index contributed by atoms with van der Waals surface area (Å²) in [4.78, 5) is 23.9. The van der Waals surface area contributed by atoms with Gasteiger partial charge in [0.2, 0.25) is 6.29 Å². The minimum absolute atomic E-state index is 0.167. The SMILES string of the molecule is CC1[C@H](C)C(OC(=O)c2ccccc2)OC(CNc2ccc3ccc(=O)oc3c2)[C@H]1[18F]. The highest BCUT2D eigenvalue weighted by Crippen LogP contribution is 2.34. The smallest absolute Gasteiger partial charge is 0.340 e. The van der Waals surface area contributed by atoms with Crippen LogP contribution in [0.15, 0.2) is 69.9 Å². The van der Waals surface area contributed by atoms with E-state index in [0.717, 1.165) is 5.39 Å². The molecule has 1 aromatic heterocycles. The lowest BCUT2D eigenvalue weighted by molar-refractivity contribution is -0.225. The molecule has 0 spiro atoms. The molecule has 3 aromatic rings. The van der Waals surface area contributed by atoms with Crippen LogP contribution in [-0.4, -0.2) is 31.1 Å². The van der Waals surface area contributed by atoms with E-state index in [-0.39, 0.29) is 18.4 Å². The molecule has 2 aromatic carbocycles. The van der Waals surface area contributed by atoms with E-state index in [1.54, 1.807) is 43.3 Å². The van der Waals surface area contributed by atoms with Crippen molar-refractivity contribution in [1.29, 1.82) is 0 Å². The summed E-state index contributed by atoms with van der Waals surface area (Å²) < 4.78 is 31.6. The van der Waals surface area contributed by atoms with Gasteiger partial charge in [-0.15, -0.1) is 0 Å². The monoisotopic (exact) mass is 424 g/mol. The summed E-state index contributed by atoms with van der Waals surface area (Å²) in [6.45, 7) is 3.77. The van der Waals surface area contributed by atoms with Crippen molar-refractivity contribution in [3.8, 4) is 0 Å². The van der Waals surface area contributed by atoms with Crippen LogP contribution in [0.25, 0.3) is 11.0 Å². The van der Waals surface area contributed by atoms with Crippen molar-refractivity contribution in [2.45, 2.75) is 32.4 Å². The highest BCUT2D eigenvalue weighted by Gasteiger charge is 2.43. The predicted molar refractivity (Wildman–Crippen MR) is 115 cm³/mol. The second-order valence-corrected chi connectivity index (χ2v) is 7.86. The Morgan fingerprint density at radius 3 is 2.58 bits per heavy atom. The highest BCUT2D eigenvalue weighted by molar-refractivity contribution is 5.89. The minimum Gasteiger partial charge on any atom is -0.432 e. The third-order valence-corrected chi connectivity index (χ3v) is 5.79. The van der Waals surface area contributed by atoms with Crippen LogP contribution in [0.3, 0.4) is 0 Å². The van der Waals surface area contributed by atoms with Gasteiger partial charge in [0.15, 0.2) is 0 Å². The number of fused-ring (bicyclic) bond motifs is 1. The molecule has 5 atom stereocenters. The summed E-state index contributed by atoms with van der Waals surface area (Å²) in [6.07, 6.45) is -2.89. The Bertz CT molecular complexity index is 1120. The molecule has 6 nitrogen and oxygen atoms in total. The molecule has 1 aliphatic heterocycles. The topological polar surface area (TPSA) is 77.8 Å². The Morgan fingerprint density at radius 1 is 1.06 bits per heavy atom. The van der Waals surface area contributed by atoms with Crippen molar-refractivity contribution >= 4 is 22.6 Å². The molecule has 1 saturated heterocycles. The zero-order valence-corrected chi connectivity index (χ0v) is 17.3. The number of alkyl halides is 1. The number of carbonyl (C=O) groups excluding carboxylic acids is 1. The summed E-state index contributed by atoms with van der Waals surface area (Å²) in [6, 6.07) is 17.0. The number of hydrogen-bond acceptors (Lipinski definition) is 6. The first-order valence-corrected chi connectivity index (χ1v) is 10.3. The Balaban J connectivity index is 1.44. The molecule has 31 heavy (non-hydrogen) atoms. The molecule has 0 aliphatic carbocycles. The Hall–Kier alpha value is -3.19. The van der Waals surface area contributed by atoms with Crippen LogP contribution in [0.2, 0.25) is 0 Å². The highest BCUT2D eigenvalue weighted by atomic mass is 18.2. The average Bonchev–Trinajstić information content (AvgIpc) is 2.78. The number of carbonyl (C=O) groups is 1. The van der Waals surface area contributed by atoms with Gasteiger partial charge in [0, 0.05) is 35.7 Å². The van der Waals surface area contributed by atoms with Crippen molar-refractivity contribution in [2.75, 3.05) is 11.9 Å². The van der Waals surface area contributed by atoms with Gasteiger partial charge in [-0.3, -0.25) is 0 Å². The summed E-state index contributed by atoms with van der Waals surface area (Å²) >= 11 is 0. The zero-order chi connectivity index (χ0) is 22.0. The third-order valence-electron chi connectivity index (χ3n) is 5.79. The molecule has 2 heterocycles. The number of halogens is 1. The van der Waals surface area contributed by atoms with Crippen molar-refractivity contribution in [3.63, 3.8) is 0 Å². The van der Waals surface area contributed by atoms with E-state index in [0.29, 0.717) is 16.8 Å². The fourth-order valence-electron chi connectivity index (χ4n) is 3.68. The van der Waals surface area contributed by atoms with Crippen molar-refractivity contribution in [3.05, 3.63) is 76.6 Å². The number of hydrogen-bond donors (Lipinski definition) is 1. The molecule has 7 heteroatoms. The maximum atomic E-state index is 15.0. The largest absolute Gasteiger partial charge is 0.432 e. The number of esters is 1. The summed E-state index contributed by atoms with van der Waals surface area (Å²) in [7, 11) is 0. The standard InChI is InChI=1S/C24H24FNO5/c1-14-15(2)24(31-23(28)17-6-4-3-5-7-17)30-20(22(14)25)13-26-18-10-8-16-9-11-21(27)29-19(16)12-18/h3-12,14-15,20,22,24,26H,13H2,1-2H3/t14?,15-,20?,22-,24?/m0/s1/i25-1. The van der Waals surface area contributed by atoms with Crippen LogP contribution >= 0.6 is 0 Å². The molecule has 1 fully saturated rings. The predicted octanol–water partition coefficient (Wildman–Crippen LogP) is 4.40. The summed E-state index contributed by atoms with van der Waals surface area (Å²) in [5.41, 5.74) is 1.09. The summed E-state index contributed by atoms with van der Waals surface area (Å²) in [5, 5.41) is 3.92. The van der Waals surface area contributed by atoms with E-state index in [2.05, 4.69) is 5.32 Å².